The molecule has 7 heteroatoms. The first-order valence-electron chi connectivity index (χ1n) is 10.5. The van der Waals surface area contributed by atoms with Crippen LogP contribution >= 0.6 is 0 Å². The third-order valence-corrected chi connectivity index (χ3v) is 6.20. The smallest absolute Gasteiger partial charge is 0.231 e. The molecule has 2 aliphatic rings. The number of rotatable bonds is 5. The second-order valence-electron chi connectivity index (χ2n) is 8.20. The molecule has 2 saturated heterocycles. The number of hydrogen-bond donors (Lipinski definition) is 2. The lowest BCUT2D eigenvalue weighted by molar-refractivity contribution is -0.139. The molecule has 0 saturated carbocycles. The van der Waals surface area contributed by atoms with Gasteiger partial charge in [-0.1, -0.05) is 30.3 Å². The molecule has 1 atom stereocenters. The maximum atomic E-state index is 13.0. The van der Waals surface area contributed by atoms with Gasteiger partial charge in [0.25, 0.3) is 0 Å². The van der Waals surface area contributed by atoms with E-state index in [0.29, 0.717) is 12.5 Å². The molecule has 3 N–H and O–H groups in total. The van der Waals surface area contributed by atoms with Gasteiger partial charge in [0.1, 0.15) is 0 Å². The van der Waals surface area contributed by atoms with E-state index in [1.165, 1.54) is 11.3 Å². The molecule has 2 fully saturated rings. The maximum Gasteiger partial charge on any atom is 0.231 e. The summed E-state index contributed by atoms with van der Waals surface area (Å²) in [4.78, 5) is 28.2. The van der Waals surface area contributed by atoms with Gasteiger partial charge >= 0.3 is 0 Å². The SMILES string of the molecule is NC(=O)CN1CCC[C@H](C(=O)N2CCC(c3[nH]ncc3-c3ccccc3)CC2)C1. The first kappa shape index (κ1) is 19.6. The molecular weight excluding hydrogens is 366 g/mol. The highest BCUT2D eigenvalue weighted by molar-refractivity contribution is 5.80. The van der Waals surface area contributed by atoms with Crippen molar-refractivity contribution in [3.63, 3.8) is 0 Å². The van der Waals surface area contributed by atoms with Crippen LogP contribution in [0.4, 0.5) is 0 Å². The minimum Gasteiger partial charge on any atom is -0.369 e. The zero-order valence-electron chi connectivity index (χ0n) is 16.7. The van der Waals surface area contributed by atoms with Crippen LogP contribution in [0.2, 0.25) is 0 Å². The lowest BCUT2D eigenvalue weighted by atomic mass is 9.88. The summed E-state index contributed by atoms with van der Waals surface area (Å²) in [6.07, 6.45) is 5.61. The van der Waals surface area contributed by atoms with Crippen molar-refractivity contribution < 1.29 is 9.59 Å². The number of likely N-dealkylation sites (tertiary alicyclic amines) is 2. The highest BCUT2D eigenvalue weighted by Gasteiger charge is 2.32. The van der Waals surface area contributed by atoms with Gasteiger partial charge in [0.2, 0.25) is 11.8 Å². The average molecular weight is 396 g/mol. The molecule has 2 aliphatic heterocycles. The highest BCUT2D eigenvalue weighted by Crippen LogP contribution is 2.34. The van der Waals surface area contributed by atoms with E-state index in [1.807, 2.05) is 34.2 Å². The fraction of sp³-hybridized carbons (Fsp3) is 0.500. The Bertz CT molecular complexity index is 842. The Kier molecular flexibility index (Phi) is 5.94. The van der Waals surface area contributed by atoms with Crippen molar-refractivity contribution in [1.82, 2.24) is 20.0 Å². The Labute approximate surface area is 171 Å². The van der Waals surface area contributed by atoms with Gasteiger partial charge in [0.15, 0.2) is 0 Å². The average Bonchev–Trinajstić information content (AvgIpc) is 3.24. The van der Waals surface area contributed by atoms with Gasteiger partial charge in [0, 0.05) is 36.8 Å². The number of aromatic nitrogens is 2. The number of H-pyrrole nitrogens is 1. The van der Waals surface area contributed by atoms with E-state index in [0.717, 1.165) is 50.9 Å². The molecule has 154 valence electrons. The van der Waals surface area contributed by atoms with Gasteiger partial charge in [-0.15, -0.1) is 0 Å². The summed E-state index contributed by atoms with van der Waals surface area (Å²) in [6.45, 7) is 3.26. The molecule has 0 spiro atoms. The van der Waals surface area contributed by atoms with Crippen molar-refractivity contribution in [2.24, 2.45) is 11.7 Å². The summed E-state index contributed by atoms with van der Waals surface area (Å²) < 4.78 is 0. The Morgan fingerprint density at radius 2 is 1.86 bits per heavy atom. The normalized spacial score (nSPS) is 21.2. The first-order valence-corrected chi connectivity index (χ1v) is 10.5. The Hall–Kier alpha value is -2.67. The zero-order valence-corrected chi connectivity index (χ0v) is 16.7. The summed E-state index contributed by atoms with van der Waals surface area (Å²) in [7, 11) is 0. The predicted molar refractivity (Wildman–Crippen MR) is 111 cm³/mol. The summed E-state index contributed by atoms with van der Waals surface area (Å²) in [6, 6.07) is 10.3. The topological polar surface area (TPSA) is 95.3 Å². The number of benzene rings is 1. The molecule has 7 nitrogen and oxygen atoms in total. The van der Waals surface area contributed by atoms with Crippen molar-refractivity contribution in [2.75, 3.05) is 32.7 Å². The van der Waals surface area contributed by atoms with E-state index in [2.05, 4.69) is 22.3 Å². The predicted octanol–water partition coefficient (Wildman–Crippen LogP) is 1.98. The molecule has 4 rings (SSSR count). The molecule has 3 heterocycles. The van der Waals surface area contributed by atoms with Crippen LogP contribution in [0.15, 0.2) is 36.5 Å². The Morgan fingerprint density at radius 3 is 2.59 bits per heavy atom. The highest BCUT2D eigenvalue weighted by atomic mass is 16.2. The van der Waals surface area contributed by atoms with Gasteiger partial charge in [-0.05, 0) is 37.8 Å². The molecule has 0 unspecified atom stereocenters. The Balaban J connectivity index is 1.36. The van der Waals surface area contributed by atoms with Gasteiger partial charge < -0.3 is 10.6 Å². The minimum absolute atomic E-state index is 0.0216. The van der Waals surface area contributed by atoms with Crippen molar-refractivity contribution in [3.05, 3.63) is 42.2 Å². The van der Waals surface area contributed by atoms with Crippen LogP contribution in [0, 0.1) is 5.92 Å². The third kappa shape index (κ3) is 4.50. The molecule has 0 radical (unpaired) electrons. The lowest BCUT2D eigenvalue weighted by Crippen LogP contribution is -2.48. The number of primary amides is 1. The van der Waals surface area contributed by atoms with Crippen LogP contribution in [-0.2, 0) is 9.59 Å². The molecular formula is C22H29N5O2. The van der Waals surface area contributed by atoms with Gasteiger partial charge in [0.05, 0.1) is 18.7 Å². The standard InChI is InChI=1S/C22H29N5O2/c23-20(28)15-26-10-4-7-18(14-26)22(29)27-11-8-17(9-12-27)21-19(13-24-25-21)16-5-2-1-3-6-16/h1-3,5-6,13,17-18H,4,7-12,14-15H2,(H2,23,28)(H,24,25)/t18-/m0/s1. The molecule has 0 bridgehead atoms. The molecule has 29 heavy (non-hydrogen) atoms. The number of carbonyl (C=O) groups is 2. The largest absolute Gasteiger partial charge is 0.369 e. The summed E-state index contributed by atoms with van der Waals surface area (Å²) in [5.41, 5.74) is 8.82. The summed E-state index contributed by atoms with van der Waals surface area (Å²) in [5, 5.41) is 7.49. The first-order chi connectivity index (χ1) is 14.1. The monoisotopic (exact) mass is 395 g/mol. The third-order valence-electron chi connectivity index (χ3n) is 6.20. The van der Waals surface area contributed by atoms with E-state index in [4.69, 9.17) is 5.73 Å². The van der Waals surface area contributed by atoms with Crippen molar-refractivity contribution in [3.8, 4) is 11.1 Å². The van der Waals surface area contributed by atoms with E-state index >= 15 is 0 Å². The second-order valence-corrected chi connectivity index (χ2v) is 8.20. The van der Waals surface area contributed by atoms with Gasteiger partial charge in [-0.25, -0.2) is 0 Å². The van der Waals surface area contributed by atoms with Crippen LogP contribution < -0.4 is 5.73 Å². The maximum absolute atomic E-state index is 13.0. The van der Waals surface area contributed by atoms with Gasteiger partial charge in [-0.2, -0.15) is 5.10 Å². The Morgan fingerprint density at radius 1 is 1.10 bits per heavy atom. The van der Waals surface area contributed by atoms with Crippen LogP contribution in [0.5, 0.6) is 0 Å². The number of nitrogens with two attached hydrogens (primary N) is 1. The van der Waals surface area contributed by atoms with E-state index in [1.54, 1.807) is 0 Å². The number of piperidine rings is 2. The fourth-order valence-electron chi connectivity index (χ4n) is 4.72. The summed E-state index contributed by atoms with van der Waals surface area (Å²) >= 11 is 0. The number of nitrogens with zero attached hydrogens (tertiary/aromatic N) is 3. The molecule has 2 amide bonds. The van der Waals surface area contributed by atoms with Crippen LogP contribution in [0.1, 0.15) is 37.3 Å². The van der Waals surface area contributed by atoms with Crippen molar-refractivity contribution in [1.29, 1.82) is 0 Å². The van der Waals surface area contributed by atoms with Crippen LogP contribution in [0.3, 0.4) is 0 Å². The number of hydrogen-bond acceptors (Lipinski definition) is 4. The fourth-order valence-corrected chi connectivity index (χ4v) is 4.72. The van der Waals surface area contributed by atoms with Crippen LogP contribution in [-0.4, -0.2) is 64.5 Å². The number of amides is 2. The number of nitrogens with one attached hydrogen (secondary N) is 1. The number of aromatic amines is 1. The lowest BCUT2D eigenvalue weighted by Gasteiger charge is -2.37. The summed E-state index contributed by atoms with van der Waals surface area (Å²) in [5.74, 6) is 0.263. The molecule has 1 aromatic carbocycles. The van der Waals surface area contributed by atoms with E-state index in [9.17, 15) is 9.59 Å². The van der Waals surface area contributed by atoms with E-state index < -0.39 is 0 Å². The number of carbonyl (C=O) groups excluding carboxylic acids is 2. The molecule has 1 aromatic heterocycles. The molecule has 2 aromatic rings. The van der Waals surface area contributed by atoms with Gasteiger partial charge in [-0.3, -0.25) is 19.6 Å². The van der Waals surface area contributed by atoms with E-state index in [-0.39, 0.29) is 24.3 Å². The zero-order chi connectivity index (χ0) is 20.2. The van der Waals surface area contributed by atoms with Crippen molar-refractivity contribution in [2.45, 2.75) is 31.6 Å². The van der Waals surface area contributed by atoms with Crippen LogP contribution in [0.25, 0.3) is 11.1 Å². The second kappa shape index (κ2) is 8.78. The molecule has 0 aliphatic carbocycles. The quantitative estimate of drug-likeness (QED) is 0.809. The minimum atomic E-state index is -0.326. The van der Waals surface area contributed by atoms with Crippen molar-refractivity contribution >= 4 is 11.8 Å².